The van der Waals surface area contributed by atoms with Gasteiger partial charge in [-0.3, -0.25) is 5.32 Å². The summed E-state index contributed by atoms with van der Waals surface area (Å²) in [4.78, 5) is 11.2. The van der Waals surface area contributed by atoms with Gasteiger partial charge < -0.3 is 4.74 Å². The summed E-state index contributed by atoms with van der Waals surface area (Å²) in [6, 6.07) is 13.6. The van der Waals surface area contributed by atoms with Crippen LogP contribution in [0.5, 0.6) is 0 Å². The molecular weight excluding hydrogens is 328 g/mol. The zero-order chi connectivity index (χ0) is 17.6. The van der Waals surface area contributed by atoms with E-state index in [-0.39, 0.29) is 11.4 Å². The maximum atomic E-state index is 12.3. The number of hydrogen-bond acceptors (Lipinski definition) is 4. The van der Waals surface area contributed by atoms with Crippen molar-refractivity contribution in [2.45, 2.75) is 24.8 Å². The number of sulfonamides is 1. The second kappa shape index (κ2) is 7.94. The molecule has 24 heavy (non-hydrogen) atoms. The average Bonchev–Trinajstić information content (AvgIpc) is 2.61. The van der Waals surface area contributed by atoms with Crippen molar-refractivity contribution < 1.29 is 17.9 Å². The number of amides is 1. The highest BCUT2D eigenvalue weighted by Gasteiger charge is 2.13. The molecule has 7 heteroatoms. The molecule has 0 aliphatic rings. The standard InChI is InChI=1S/C17H20N2O4S/c1-3-13-4-6-14(7-5-13)12-18-24(21,22)16-10-8-15(9-11-16)19-17(20)23-2/h4-11,18H,3,12H2,1-2H3,(H,19,20). The summed E-state index contributed by atoms with van der Waals surface area (Å²) >= 11 is 0. The van der Waals surface area contributed by atoms with Crippen molar-refractivity contribution >= 4 is 21.8 Å². The first-order valence-electron chi connectivity index (χ1n) is 7.47. The molecule has 2 aromatic rings. The van der Waals surface area contributed by atoms with Crippen molar-refractivity contribution in [3.05, 3.63) is 59.7 Å². The van der Waals surface area contributed by atoms with Gasteiger partial charge in [-0.05, 0) is 41.8 Å². The van der Waals surface area contributed by atoms with E-state index in [0.717, 1.165) is 12.0 Å². The molecule has 0 spiro atoms. The molecule has 0 atom stereocenters. The zero-order valence-electron chi connectivity index (χ0n) is 13.6. The second-order valence-electron chi connectivity index (χ2n) is 5.14. The normalized spacial score (nSPS) is 11.1. The number of benzene rings is 2. The molecule has 6 nitrogen and oxygen atoms in total. The minimum absolute atomic E-state index is 0.128. The Hall–Kier alpha value is -2.38. The highest BCUT2D eigenvalue weighted by molar-refractivity contribution is 7.89. The Balaban J connectivity index is 2.02. The molecular formula is C17H20N2O4S. The molecule has 0 heterocycles. The number of ether oxygens (including phenoxy) is 1. The fourth-order valence-electron chi connectivity index (χ4n) is 2.04. The number of carbonyl (C=O) groups is 1. The smallest absolute Gasteiger partial charge is 0.411 e. The summed E-state index contributed by atoms with van der Waals surface area (Å²) in [6.07, 6.45) is 0.331. The number of aryl methyl sites for hydroxylation is 1. The fourth-order valence-corrected chi connectivity index (χ4v) is 3.06. The molecule has 0 aliphatic carbocycles. The van der Waals surface area contributed by atoms with Crippen molar-refractivity contribution in [3.63, 3.8) is 0 Å². The van der Waals surface area contributed by atoms with Crippen LogP contribution in [0.3, 0.4) is 0 Å². The molecule has 2 N–H and O–H groups in total. The Kier molecular flexibility index (Phi) is 5.94. The minimum Gasteiger partial charge on any atom is -0.453 e. The lowest BCUT2D eigenvalue weighted by atomic mass is 10.1. The third kappa shape index (κ3) is 4.81. The summed E-state index contributed by atoms with van der Waals surface area (Å²) in [5.41, 5.74) is 2.55. The van der Waals surface area contributed by atoms with Gasteiger partial charge in [0.05, 0.1) is 12.0 Å². The third-order valence-corrected chi connectivity index (χ3v) is 4.91. The maximum absolute atomic E-state index is 12.3. The van der Waals surface area contributed by atoms with Crippen LogP contribution in [0.1, 0.15) is 18.1 Å². The predicted molar refractivity (Wildman–Crippen MR) is 92.3 cm³/mol. The number of rotatable bonds is 6. The number of methoxy groups -OCH3 is 1. The van der Waals surface area contributed by atoms with E-state index < -0.39 is 16.1 Å². The molecule has 0 fully saturated rings. The summed E-state index contributed by atoms with van der Waals surface area (Å²) in [5, 5.41) is 2.46. The highest BCUT2D eigenvalue weighted by Crippen LogP contribution is 2.15. The zero-order valence-corrected chi connectivity index (χ0v) is 14.4. The lowest BCUT2D eigenvalue weighted by Gasteiger charge is -2.09. The van der Waals surface area contributed by atoms with Crippen molar-refractivity contribution in [2.75, 3.05) is 12.4 Å². The van der Waals surface area contributed by atoms with Crippen LogP contribution >= 0.6 is 0 Å². The van der Waals surface area contributed by atoms with Gasteiger partial charge in [-0.2, -0.15) is 0 Å². The van der Waals surface area contributed by atoms with E-state index in [4.69, 9.17) is 0 Å². The molecule has 2 rings (SSSR count). The quantitative estimate of drug-likeness (QED) is 0.841. The van der Waals surface area contributed by atoms with Gasteiger partial charge in [0.15, 0.2) is 0 Å². The summed E-state index contributed by atoms with van der Waals surface area (Å²) in [5.74, 6) is 0. The van der Waals surface area contributed by atoms with Gasteiger partial charge in [0, 0.05) is 12.2 Å². The predicted octanol–water partition coefficient (Wildman–Crippen LogP) is 2.91. The Morgan fingerprint density at radius 2 is 1.58 bits per heavy atom. The maximum Gasteiger partial charge on any atom is 0.411 e. The van der Waals surface area contributed by atoms with Crippen LogP contribution in [0.4, 0.5) is 10.5 Å². The third-order valence-electron chi connectivity index (χ3n) is 3.49. The van der Waals surface area contributed by atoms with E-state index in [1.165, 1.54) is 36.9 Å². The summed E-state index contributed by atoms with van der Waals surface area (Å²) < 4.78 is 31.6. The number of anilines is 1. The lowest BCUT2D eigenvalue weighted by Crippen LogP contribution is -2.23. The Morgan fingerprint density at radius 3 is 2.12 bits per heavy atom. The molecule has 0 radical (unpaired) electrons. The first kappa shape index (κ1) is 18.0. The van der Waals surface area contributed by atoms with Crippen LogP contribution in [0.2, 0.25) is 0 Å². The topological polar surface area (TPSA) is 84.5 Å². The largest absolute Gasteiger partial charge is 0.453 e. The number of carbonyl (C=O) groups excluding carboxylic acids is 1. The Morgan fingerprint density at radius 1 is 1.00 bits per heavy atom. The van der Waals surface area contributed by atoms with Crippen LogP contribution in [0.25, 0.3) is 0 Å². The second-order valence-corrected chi connectivity index (χ2v) is 6.90. The van der Waals surface area contributed by atoms with Crippen molar-refractivity contribution in [1.29, 1.82) is 0 Å². The van der Waals surface area contributed by atoms with Crippen LogP contribution in [-0.2, 0) is 27.7 Å². The first-order chi connectivity index (χ1) is 11.4. The average molecular weight is 348 g/mol. The van der Waals surface area contributed by atoms with Crippen molar-refractivity contribution in [1.82, 2.24) is 4.72 Å². The van der Waals surface area contributed by atoms with E-state index in [0.29, 0.717) is 5.69 Å². The van der Waals surface area contributed by atoms with E-state index in [2.05, 4.69) is 21.7 Å². The van der Waals surface area contributed by atoms with Crippen LogP contribution in [0, 0.1) is 0 Å². The van der Waals surface area contributed by atoms with Gasteiger partial charge in [-0.25, -0.2) is 17.9 Å². The van der Waals surface area contributed by atoms with E-state index >= 15 is 0 Å². The van der Waals surface area contributed by atoms with Gasteiger partial charge in [0.25, 0.3) is 0 Å². The van der Waals surface area contributed by atoms with Gasteiger partial charge in [0.1, 0.15) is 0 Å². The SMILES string of the molecule is CCc1ccc(CNS(=O)(=O)c2ccc(NC(=O)OC)cc2)cc1. The van der Waals surface area contributed by atoms with Gasteiger partial charge >= 0.3 is 6.09 Å². The van der Waals surface area contributed by atoms with E-state index in [1.807, 2.05) is 24.3 Å². The monoisotopic (exact) mass is 348 g/mol. The lowest BCUT2D eigenvalue weighted by molar-refractivity contribution is 0.187. The van der Waals surface area contributed by atoms with Crippen molar-refractivity contribution in [2.24, 2.45) is 0 Å². The van der Waals surface area contributed by atoms with Gasteiger partial charge in [-0.1, -0.05) is 31.2 Å². The van der Waals surface area contributed by atoms with Crippen LogP contribution < -0.4 is 10.0 Å². The van der Waals surface area contributed by atoms with Crippen molar-refractivity contribution in [3.8, 4) is 0 Å². The molecule has 0 aromatic heterocycles. The van der Waals surface area contributed by atoms with Gasteiger partial charge in [0.2, 0.25) is 10.0 Å². The molecule has 2 aromatic carbocycles. The number of hydrogen-bond donors (Lipinski definition) is 2. The van der Waals surface area contributed by atoms with E-state index in [9.17, 15) is 13.2 Å². The molecule has 0 aliphatic heterocycles. The molecule has 0 bridgehead atoms. The highest BCUT2D eigenvalue weighted by atomic mass is 32.2. The molecule has 0 saturated heterocycles. The molecule has 0 saturated carbocycles. The number of nitrogens with one attached hydrogen (secondary N) is 2. The Labute approximate surface area is 141 Å². The fraction of sp³-hybridized carbons (Fsp3) is 0.235. The molecule has 128 valence electrons. The first-order valence-corrected chi connectivity index (χ1v) is 8.95. The van der Waals surface area contributed by atoms with E-state index in [1.54, 1.807) is 0 Å². The summed E-state index contributed by atoms with van der Waals surface area (Å²) in [7, 11) is -2.36. The van der Waals surface area contributed by atoms with Gasteiger partial charge in [-0.15, -0.1) is 0 Å². The van der Waals surface area contributed by atoms with Crippen LogP contribution in [0.15, 0.2) is 53.4 Å². The van der Waals surface area contributed by atoms with Crippen LogP contribution in [-0.4, -0.2) is 21.6 Å². The molecule has 0 unspecified atom stereocenters. The summed E-state index contributed by atoms with van der Waals surface area (Å²) in [6.45, 7) is 2.28. The Bertz CT molecular complexity index is 784. The molecule has 1 amide bonds. The minimum atomic E-state index is -3.62.